The average molecular weight is 368 g/mol. The van der Waals surface area contributed by atoms with Crippen molar-refractivity contribution >= 4 is 29.3 Å². The Kier molecular flexibility index (Phi) is 5.40. The number of amides is 2. The molecule has 1 N–H and O–H groups in total. The number of anilines is 2. The molecule has 7 nitrogen and oxygen atoms in total. The van der Waals surface area contributed by atoms with Gasteiger partial charge in [0.2, 0.25) is 5.91 Å². The highest BCUT2D eigenvalue weighted by Crippen LogP contribution is 2.43. The number of carbonyl (C=O) groups is 3. The number of hydrogen-bond acceptors (Lipinski definition) is 5. The molecule has 1 aliphatic rings. The quantitative estimate of drug-likeness (QED) is 0.821. The van der Waals surface area contributed by atoms with E-state index in [9.17, 15) is 14.4 Å². The molecule has 1 heterocycles. The second-order valence-corrected chi connectivity index (χ2v) is 5.91. The molecule has 2 aromatic carbocycles. The number of rotatable bonds is 5. The van der Waals surface area contributed by atoms with E-state index < -0.39 is 24.0 Å². The zero-order valence-corrected chi connectivity index (χ0v) is 15.0. The highest BCUT2D eigenvalue weighted by Gasteiger charge is 2.46. The van der Waals surface area contributed by atoms with Crippen LogP contribution in [0.25, 0.3) is 0 Å². The van der Waals surface area contributed by atoms with E-state index in [-0.39, 0.29) is 12.5 Å². The minimum absolute atomic E-state index is 0.144. The maximum atomic E-state index is 13.3. The zero-order valence-electron chi connectivity index (χ0n) is 15.0. The first kappa shape index (κ1) is 18.4. The predicted octanol–water partition coefficient (Wildman–Crippen LogP) is 2.74. The van der Waals surface area contributed by atoms with Crippen molar-refractivity contribution in [1.82, 2.24) is 5.32 Å². The molecule has 0 aliphatic carbocycles. The lowest BCUT2D eigenvalue weighted by molar-refractivity contribution is -0.145. The summed E-state index contributed by atoms with van der Waals surface area (Å²) in [5.74, 6) is -1.96. The van der Waals surface area contributed by atoms with Crippen molar-refractivity contribution in [3.05, 3.63) is 60.2 Å². The second kappa shape index (κ2) is 7.90. The number of ether oxygens (including phenoxy) is 2. The van der Waals surface area contributed by atoms with Crippen molar-refractivity contribution in [2.45, 2.75) is 18.9 Å². The van der Waals surface area contributed by atoms with Crippen LogP contribution in [0.5, 0.6) is 0 Å². The van der Waals surface area contributed by atoms with Crippen LogP contribution in [0, 0.1) is 0 Å². The van der Waals surface area contributed by atoms with Crippen molar-refractivity contribution in [2.24, 2.45) is 0 Å². The Hall–Kier alpha value is -3.35. The summed E-state index contributed by atoms with van der Waals surface area (Å²) < 4.78 is 9.71. The van der Waals surface area contributed by atoms with E-state index >= 15 is 0 Å². The number of nitrogens with one attached hydrogen (secondary N) is 1. The largest absolute Gasteiger partial charge is 0.467 e. The van der Waals surface area contributed by atoms with Gasteiger partial charge < -0.3 is 14.8 Å². The van der Waals surface area contributed by atoms with E-state index in [0.717, 1.165) is 0 Å². The van der Waals surface area contributed by atoms with Crippen LogP contribution < -0.4 is 10.2 Å². The van der Waals surface area contributed by atoms with Gasteiger partial charge in [0.05, 0.1) is 25.3 Å². The zero-order chi connectivity index (χ0) is 19.4. The molecule has 2 atom stereocenters. The van der Waals surface area contributed by atoms with Crippen molar-refractivity contribution in [2.75, 3.05) is 18.6 Å². The Labute approximate surface area is 156 Å². The molecule has 1 aliphatic heterocycles. The molecule has 0 spiro atoms. The van der Waals surface area contributed by atoms with Gasteiger partial charge in [-0.3, -0.25) is 9.69 Å². The monoisotopic (exact) mass is 368 g/mol. The third-order valence-corrected chi connectivity index (χ3v) is 4.35. The number of carbonyl (C=O) groups excluding carboxylic acids is 3. The van der Waals surface area contributed by atoms with E-state index in [1.807, 2.05) is 36.4 Å². The molecule has 0 bridgehead atoms. The third-order valence-electron chi connectivity index (χ3n) is 4.35. The third kappa shape index (κ3) is 3.48. The summed E-state index contributed by atoms with van der Waals surface area (Å²) in [7, 11) is 1.21. The standard InChI is InChI=1S/C20H20N2O5/c1-3-27-20(25)21-17(19(24)26-2)16-14-11-7-8-12-15(14)22(18(16)23)13-9-5-4-6-10-13/h4-12,16-17H,3H2,1-2H3,(H,21,25). The van der Waals surface area contributed by atoms with Crippen LogP contribution in [0.1, 0.15) is 18.4 Å². The number of alkyl carbamates (subject to hydrolysis) is 1. The lowest BCUT2D eigenvalue weighted by Gasteiger charge is -2.22. The van der Waals surface area contributed by atoms with Gasteiger partial charge in [-0.15, -0.1) is 0 Å². The molecular weight excluding hydrogens is 348 g/mol. The van der Waals surface area contributed by atoms with Crippen LogP contribution in [0.3, 0.4) is 0 Å². The van der Waals surface area contributed by atoms with E-state index in [0.29, 0.717) is 16.9 Å². The number of benzene rings is 2. The first-order valence-electron chi connectivity index (χ1n) is 8.57. The molecule has 0 saturated heterocycles. The normalized spacial score (nSPS) is 16.4. The molecular formula is C20H20N2O5. The van der Waals surface area contributed by atoms with E-state index in [4.69, 9.17) is 9.47 Å². The van der Waals surface area contributed by atoms with Crippen molar-refractivity contribution in [3.63, 3.8) is 0 Å². The van der Waals surface area contributed by atoms with Gasteiger partial charge in [0.25, 0.3) is 0 Å². The Morgan fingerprint density at radius 1 is 1.11 bits per heavy atom. The topological polar surface area (TPSA) is 84.9 Å². The van der Waals surface area contributed by atoms with E-state index in [1.54, 1.807) is 30.0 Å². The molecule has 2 unspecified atom stereocenters. The molecule has 2 amide bonds. The van der Waals surface area contributed by atoms with Gasteiger partial charge in [0.15, 0.2) is 0 Å². The minimum Gasteiger partial charge on any atom is -0.467 e. The summed E-state index contributed by atoms with van der Waals surface area (Å²) in [6.45, 7) is 1.80. The minimum atomic E-state index is -1.20. The lowest BCUT2D eigenvalue weighted by atomic mass is 9.92. The number of para-hydroxylation sites is 2. The highest BCUT2D eigenvalue weighted by atomic mass is 16.6. The SMILES string of the molecule is CCOC(=O)NC(C(=O)OC)C1C(=O)N(c2ccccc2)c2ccccc21. The van der Waals surface area contributed by atoms with Gasteiger partial charge in [0, 0.05) is 5.69 Å². The maximum Gasteiger partial charge on any atom is 0.407 e. The Balaban J connectivity index is 2.04. The maximum absolute atomic E-state index is 13.3. The average Bonchev–Trinajstić information content (AvgIpc) is 2.98. The number of nitrogens with zero attached hydrogens (tertiary/aromatic N) is 1. The van der Waals surface area contributed by atoms with Gasteiger partial charge in [-0.25, -0.2) is 9.59 Å². The summed E-state index contributed by atoms with van der Waals surface area (Å²) in [5.41, 5.74) is 1.98. The highest BCUT2D eigenvalue weighted by molar-refractivity contribution is 6.12. The second-order valence-electron chi connectivity index (χ2n) is 5.91. The summed E-state index contributed by atoms with van der Waals surface area (Å²) in [4.78, 5) is 39.1. The van der Waals surface area contributed by atoms with Gasteiger partial charge in [-0.1, -0.05) is 36.4 Å². The lowest BCUT2D eigenvalue weighted by Crippen LogP contribution is -2.48. The number of esters is 1. The number of fused-ring (bicyclic) bond motifs is 1. The van der Waals surface area contributed by atoms with E-state index in [2.05, 4.69) is 5.32 Å². The molecule has 27 heavy (non-hydrogen) atoms. The van der Waals surface area contributed by atoms with Gasteiger partial charge in [-0.05, 0) is 30.7 Å². The fourth-order valence-electron chi connectivity index (χ4n) is 3.22. The molecule has 140 valence electrons. The first-order valence-corrected chi connectivity index (χ1v) is 8.57. The van der Waals surface area contributed by atoms with E-state index in [1.165, 1.54) is 7.11 Å². The smallest absolute Gasteiger partial charge is 0.407 e. The van der Waals surface area contributed by atoms with Crippen molar-refractivity contribution in [1.29, 1.82) is 0 Å². The van der Waals surface area contributed by atoms with Crippen LogP contribution in [-0.4, -0.2) is 37.7 Å². The van der Waals surface area contributed by atoms with Gasteiger partial charge >= 0.3 is 12.1 Å². The summed E-state index contributed by atoms with van der Waals surface area (Å²) in [5, 5.41) is 2.47. The summed E-state index contributed by atoms with van der Waals surface area (Å²) in [6.07, 6.45) is -0.781. The summed E-state index contributed by atoms with van der Waals surface area (Å²) >= 11 is 0. The Morgan fingerprint density at radius 2 is 1.78 bits per heavy atom. The van der Waals surface area contributed by atoms with Crippen molar-refractivity contribution in [3.8, 4) is 0 Å². The fourth-order valence-corrected chi connectivity index (χ4v) is 3.22. The van der Waals surface area contributed by atoms with Crippen LogP contribution in [0.4, 0.5) is 16.2 Å². The van der Waals surface area contributed by atoms with Crippen LogP contribution in [0.15, 0.2) is 54.6 Å². The number of methoxy groups -OCH3 is 1. The molecule has 0 radical (unpaired) electrons. The van der Waals surface area contributed by atoms with Gasteiger partial charge in [-0.2, -0.15) is 0 Å². The molecule has 0 aromatic heterocycles. The summed E-state index contributed by atoms with van der Waals surface area (Å²) in [6, 6.07) is 15.1. The van der Waals surface area contributed by atoms with Crippen molar-refractivity contribution < 1.29 is 23.9 Å². The molecule has 2 aromatic rings. The Morgan fingerprint density at radius 3 is 2.44 bits per heavy atom. The van der Waals surface area contributed by atoms with Gasteiger partial charge in [0.1, 0.15) is 6.04 Å². The van der Waals surface area contributed by atoms with Crippen LogP contribution >= 0.6 is 0 Å². The van der Waals surface area contributed by atoms with Crippen LogP contribution in [-0.2, 0) is 19.1 Å². The number of hydrogen-bond donors (Lipinski definition) is 1. The molecule has 0 saturated carbocycles. The molecule has 3 rings (SSSR count). The van der Waals surface area contributed by atoms with Crippen LogP contribution in [0.2, 0.25) is 0 Å². The Bertz CT molecular complexity index is 852. The predicted molar refractivity (Wildman–Crippen MR) is 98.7 cm³/mol. The first-order chi connectivity index (χ1) is 13.1. The molecule has 0 fully saturated rings. The molecule has 7 heteroatoms. The fraction of sp³-hybridized carbons (Fsp3) is 0.250.